The molecule has 2 amide bonds. The molecule has 0 unspecified atom stereocenters. The van der Waals surface area contributed by atoms with Crippen molar-refractivity contribution in [3.05, 3.63) is 17.7 Å². The summed E-state index contributed by atoms with van der Waals surface area (Å²) >= 11 is 0. The molecule has 0 radical (unpaired) electrons. The molecule has 0 aromatic carbocycles. The standard InChI is InChI=1S/C14H22N4O/c19-14(16-9-11-4-5-11)15-7-6-12-10-18-8-2-1-3-13(18)17-12/h10-11H,1-9H2,(H2,15,16,19). The number of imidazole rings is 1. The van der Waals surface area contributed by atoms with Crippen molar-refractivity contribution in [3.8, 4) is 0 Å². The highest BCUT2D eigenvalue weighted by Crippen LogP contribution is 2.27. The maximum Gasteiger partial charge on any atom is 0.314 e. The number of aromatic nitrogens is 2. The molecule has 0 atom stereocenters. The first-order valence-electron chi connectivity index (χ1n) is 7.38. The lowest BCUT2D eigenvalue weighted by atomic mass is 10.2. The molecule has 1 aliphatic heterocycles. The van der Waals surface area contributed by atoms with Crippen LogP contribution in [0.25, 0.3) is 0 Å². The van der Waals surface area contributed by atoms with Gasteiger partial charge in [0, 0.05) is 38.7 Å². The van der Waals surface area contributed by atoms with Gasteiger partial charge < -0.3 is 15.2 Å². The van der Waals surface area contributed by atoms with Crippen LogP contribution in [0.3, 0.4) is 0 Å². The van der Waals surface area contributed by atoms with Crippen LogP contribution < -0.4 is 10.6 Å². The third-order valence-electron chi connectivity index (χ3n) is 3.87. The van der Waals surface area contributed by atoms with Crippen LogP contribution in [0.5, 0.6) is 0 Å². The van der Waals surface area contributed by atoms with Gasteiger partial charge in [-0.1, -0.05) is 0 Å². The lowest BCUT2D eigenvalue weighted by Crippen LogP contribution is -2.37. The molecule has 5 nitrogen and oxygen atoms in total. The zero-order valence-corrected chi connectivity index (χ0v) is 11.3. The molecule has 1 saturated carbocycles. The van der Waals surface area contributed by atoms with Crippen LogP contribution in [0.4, 0.5) is 4.79 Å². The Bertz CT molecular complexity index is 427. The average molecular weight is 262 g/mol. The van der Waals surface area contributed by atoms with E-state index in [2.05, 4.69) is 26.4 Å². The average Bonchev–Trinajstić information content (AvgIpc) is 3.15. The zero-order valence-electron chi connectivity index (χ0n) is 11.3. The summed E-state index contributed by atoms with van der Waals surface area (Å²) in [7, 11) is 0. The van der Waals surface area contributed by atoms with E-state index >= 15 is 0 Å². The molecule has 0 saturated heterocycles. The van der Waals surface area contributed by atoms with Gasteiger partial charge in [0.25, 0.3) is 0 Å². The van der Waals surface area contributed by atoms with Crippen molar-refractivity contribution in [1.29, 1.82) is 0 Å². The number of nitrogens with zero attached hydrogens (tertiary/aromatic N) is 2. The largest absolute Gasteiger partial charge is 0.338 e. The van der Waals surface area contributed by atoms with Crippen molar-refractivity contribution in [1.82, 2.24) is 20.2 Å². The first-order chi connectivity index (χ1) is 9.31. The molecule has 1 aliphatic carbocycles. The van der Waals surface area contributed by atoms with Crippen molar-refractivity contribution in [2.24, 2.45) is 5.92 Å². The number of fused-ring (bicyclic) bond motifs is 1. The number of hydrogen-bond donors (Lipinski definition) is 2. The number of urea groups is 1. The van der Waals surface area contributed by atoms with Crippen molar-refractivity contribution < 1.29 is 4.79 Å². The Labute approximate surface area is 113 Å². The Morgan fingerprint density at radius 2 is 2.26 bits per heavy atom. The fourth-order valence-corrected chi connectivity index (χ4v) is 2.52. The Hall–Kier alpha value is -1.52. The minimum Gasteiger partial charge on any atom is -0.338 e. The molecule has 104 valence electrons. The molecule has 19 heavy (non-hydrogen) atoms. The third kappa shape index (κ3) is 3.49. The lowest BCUT2D eigenvalue weighted by Gasteiger charge is -2.11. The third-order valence-corrected chi connectivity index (χ3v) is 3.87. The van der Waals surface area contributed by atoms with Gasteiger partial charge in [-0.15, -0.1) is 0 Å². The van der Waals surface area contributed by atoms with Crippen LogP contribution >= 0.6 is 0 Å². The Morgan fingerprint density at radius 1 is 1.37 bits per heavy atom. The maximum absolute atomic E-state index is 11.5. The van der Waals surface area contributed by atoms with Crippen molar-refractivity contribution >= 4 is 6.03 Å². The Kier molecular flexibility index (Phi) is 3.71. The molecular formula is C14H22N4O. The molecule has 1 aromatic heterocycles. The summed E-state index contributed by atoms with van der Waals surface area (Å²) < 4.78 is 2.26. The van der Waals surface area contributed by atoms with Crippen molar-refractivity contribution in [3.63, 3.8) is 0 Å². The van der Waals surface area contributed by atoms with E-state index in [9.17, 15) is 4.79 Å². The first kappa shape index (κ1) is 12.5. The molecule has 1 fully saturated rings. The summed E-state index contributed by atoms with van der Waals surface area (Å²) in [6.45, 7) is 2.58. The second kappa shape index (κ2) is 5.63. The molecule has 3 rings (SSSR count). The topological polar surface area (TPSA) is 59.0 Å². The predicted molar refractivity (Wildman–Crippen MR) is 73.0 cm³/mol. The van der Waals surface area contributed by atoms with Crippen LogP contribution in [0.1, 0.15) is 37.2 Å². The minimum atomic E-state index is -0.0455. The van der Waals surface area contributed by atoms with E-state index < -0.39 is 0 Å². The number of hydrogen-bond acceptors (Lipinski definition) is 2. The summed E-state index contributed by atoms with van der Waals surface area (Å²) in [4.78, 5) is 16.1. The molecule has 2 heterocycles. The lowest BCUT2D eigenvalue weighted by molar-refractivity contribution is 0.240. The van der Waals surface area contributed by atoms with Crippen molar-refractivity contribution in [2.45, 2.75) is 45.1 Å². The van der Waals surface area contributed by atoms with Gasteiger partial charge in [0.05, 0.1) is 5.69 Å². The van der Waals surface area contributed by atoms with Crippen LogP contribution in [0, 0.1) is 5.92 Å². The molecule has 0 bridgehead atoms. The number of rotatable bonds is 5. The number of carbonyl (C=O) groups is 1. The first-order valence-corrected chi connectivity index (χ1v) is 7.38. The van der Waals surface area contributed by atoms with Gasteiger partial charge in [-0.25, -0.2) is 9.78 Å². The monoisotopic (exact) mass is 262 g/mol. The Morgan fingerprint density at radius 3 is 3.05 bits per heavy atom. The minimum absolute atomic E-state index is 0.0455. The van der Waals surface area contributed by atoms with Gasteiger partial charge in [0.2, 0.25) is 0 Å². The van der Waals surface area contributed by atoms with E-state index in [4.69, 9.17) is 0 Å². The Balaban J connectivity index is 1.39. The fraction of sp³-hybridized carbons (Fsp3) is 0.714. The van der Waals surface area contributed by atoms with Gasteiger partial charge in [0.15, 0.2) is 0 Å². The molecule has 2 aliphatic rings. The summed E-state index contributed by atoms with van der Waals surface area (Å²) in [5.41, 5.74) is 1.10. The van der Waals surface area contributed by atoms with Gasteiger partial charge >= 0.3 is 6.03 Å². The van der Waals surface area contributed by atoms with E-state index in [1.807, 2.05) is 0 Å². The number of nitrogens with one attached hydrogen (secondary N) is 2. The number of carbonyl (C=O) groups excluding carboxylic acids is 1. The quantitative estimate of drug-likeness (QED) is 0.844. The maximum atomic E-state index is 11.5. The highest BCUT2D eigenvalue weighted by Gasteiger charge is 2.21. The van der Waals surface area contributed by atoms with E-state index in [-0.39, 0.29) is 6.03 Å². The molecule has 0 spiro atoms. The number of amides is 2. The second-order valence-electron chi connectivity index (χ2n) is 5.63. The van der Waals surface area contributed by atoms with Crippen molar-refractivity contribution in [2.75, 3.05) is 13.1 Å². The van der Waals surface area contributed by atoms with Gasteiger partial charge in [-0.2, -0.15) is 0 Å². The van der Waals surface area contributed by atoms with E-state index in [1.165, 1.54) is 31.5 Å². The van der Waals surface area contributed by atoms with Gasteiger partial charge in [-0.3, -0.25) is 0 Å². The summed E-state index contributed by atoms with van der Waals surface area (Å²) in [5, 5.41) is 5.80. The second-order valence-corrected chi connectivity index (χ2v) is 5.63. The fourth-order valence-electron chi connectivity index (χ4n) is 2.52. The van der Waals surface area contributed by atoms with Gasteiger partial charge in [0.1, 0.15) is 5.82 Å². The summed E-state index contributed by atoms with van der Waals surface area (Å²) in [5.74, 6) is 1.94. The van der Waals surface area contributed by atoms with Crippen LogP contribution in [-0.4, -0.2) is 28.7 Å². The van der Waals surface area contributed by atoms with Crippen LogP contribution in [-0.2, 0) is 19.4 Å². The predicted octanol–water partition coefficient (Wildman–Crippen LogP) is 1.47. The SMILES string of the molecule is O=C(NCCc1cn2c(n1)CCCC2)NCC1CC1. The van der Waals surface area contributed by atoms with E-state index in [1.54, 1.807) is 0 Å². The summed E-state index contributed by atoms with van der Waals surface area (Å²) in [6.07, 6.45) is 9.08. The van der Waals surface area contributed by atoms with E-state index in [0.717, 1.165) is 37.5 Å². The van der Waals surface area contributed by atoms with Crippen LogP contribution in [0.2, 0.25) is 0 Å². The summed E-state index contributed by atoms with van der Waals surface area (Å²) in [6, 6.07) is -0.0455. The molecule has 1 aromatic rings. The van der Waals surface area contributed by atoms with Gasteiger partial charge in [-0.05, 0) is 31.6 Å². The molecule has 5 heteroatoms. The normalized spacial score (nSPS) is 17.9. The molecule has 2 N–H and O–H groups in total. The van der Waals surface area contributed by atoms with E-state index in [0.29, 0.717) is 6.54 Å². The zero-order chi connectivity index (χ0) is 13.1. The highest BCUT2D eigenvalue weighted by atomic mass is 16.2. The molecular weight excluding hydrogens is 240 g/mol. The highest BCUT2D eigenvalue weighted by molar-refractivity contribution is 5.73. The number of aryl methyl sites for hydroxylation is 2. The smallest absolute Gasteiger partial charge is 0.314 e. The van der Waals surface area contributed by atoms with Crippen LogP contribution in [0.15, 0.2) is 6.20 Å².